The summed E-state index contributed by atoms with van der Waals surface area (Å²) in [6, 6.07) is 0. The van der Waals surface area contributed by atoms with Crippen molar-refractivity contribution in [1.29, 1.82) is 0 Å². The minimum Gasteiger partial charge on any atom is -0.478 e. The van der Waals surface area contributed by atoms with Crippen LogP contribution in [0.25, 0.3) is 0 Å². The van der Waals surface area contributed by atoms with E-state index in [1.54, 1.807) is 0 Å². The largest absolute Gasteiger partial charge is 0.478 e. The van der Waals surface area contributed by atoms with Gasteiger partial charge in [-0.3, -0.25) is 0 Å². The van der Waals surface area contributed by atoms with Crippen LogP contribution in [0, 0.1) is 11.8 Å². The van der Waals surface area contributed by atoms with Crippen LogP contribution in [-0.2, 0) is 28.5 Å². The molecule has 0 aromatic rings. The summed E-state index contributed by atoms with van der Waals surface area (Å²) in [5.74, 6) is -2.58. The van der Waals surface area contributed by atoms with Crippen molar-refractivity contribution in [2.45, 2.75) is 80.4 Å². The third kappa shape index (κ3) is 4.81. The van der Waals surface area contributed by atoms with Crippen molar-refractivity contribution in [2.24, 2.45) is 11.8 Å². The fraction of sp³-hybridized carbons (Fsp3) is 0.857. The van der Waals surface area contributed by atoms with E-state index in [1.807, 2.05) is 0 Å². The van der Waals surface area contributed by atoms with Gasteiger partial charge >= 0.3 is 5.97 Å². The van der Waals surface area contributed by atoms with Crippen LogP contribution in [0.4, 0.5) is 0 Å². The summed E-state index contributed by atoms with van der Waals surface area (Å²) in [5.41, 5.74) is -3.28. The van der Waals surface area contributed by atoms with Gasteiger partial charge in [0.2, 0.25) is 6.29 Å². The number of rotatable bonds is 7. The number of aliphatic hydroxyl groups excluding tert-OH is 5. The van der Waals surface area contributed by atoms with Gasteiger partial charge in [0.25, 0.3) is 0 Å². The van der Waals surface area contributed by atoms with E-state index in [9.17, 15) is 45.6 Å². The van der Waals surface area contributed by atoms with Crippen molar-refractivity contribution in [3.05, 3.63) is 11.8 Å². The molecule has 3 heterocycles. The molecule has 14 nitrogen and oxygen atoms in total. The summed E-state index contributed by atoms with van der Waals surface area (Å²) in [5, 5.41) is 80.8. The quantitative estimate of drug-likeness (QED) is 0.166. The van der Waals surface area contributed by atoms with Gasteiger partial charge in [0.15, 0.2) is 12.6 Å². The van der Waals surface area contributed by atoms with E-state index >= 15 is 0 Å². The Morgan fingerprint density at radius 2 is 1.83 bits per heavy atom. The molecule has 0 aromatic heterocycles. The van der Waals surface area contributed by atoms with E-state index in [-0.39, 0.29) is 12.0 Å². The Hall–Kier alpha value is -1.43. The zero-order valence-corrected chi connectivity index (χ0v) is 18.9. The molecule has 0 spiro atoms. The van der Waals surface area contributed by atoms with Gasteiger partial charge in [-0.15, -0.1) is 0 Å². The molecule has 12 atom stereocenters. The summed E-state index contributed by atoms with van der Waals surface area (Å²) in [6.07, 6.45) is -10.5. The Balaban J connectivity index is 1.44. The van der Waals surface area contributed by atoms with Crippen molar-refractivity contribution in [3.8, 4) is 0 Å². The average Bonchev–Trinajstić information content (AvgIpc) is 3.29. The molecule has 4 rings (SSSR count). The standard InChI is InChI=1S/C21H32O14/c1-20(29)3-2-8-9(16(27)28)4-31-17(11(8)20)35-18-14(25)13(24)12(23)10(34-18)5-32-19-15(26)21(30,6-22)7-33-19/h4,8,10-15,17-19,22-26,29-30H,2-3,5-7H2,1H3,(H,27,28)/t8-,10-,11-,12-,13+,14-,15+,17+,18+,19-,20+,21?/m1/s1. The van der Waals surface area contributed by atoms with Gasteiger partial charge in [0.05, 0.1) is 43.2 Å². The van der Waals surface area contributed by atoms with Crippen LogP contribution < -0.4 is 0 Å². The second-order valence-electron chi connectivity index (χ2n) is 9.78. The molecule has 0 radical (unpaired) electrons. The number of fused-ring (bicyclic) bond motifs is 1. The van der Waals surface area contributed by atoms with Gasteiger partial charge in [-0.05, 0) is 19.8 Å². The Bertz CT molecular complexity index is 818. The lowest BCUT2D eigenvalue weighted by atomic mass is 9.81. The topological polar surface area (TPSA) is 225 Å². The van der Waals surface area contributed by atoms with Crippen LogP contribution in [0.15, 0.2) is 11.8 Å². The van der Waals surface area contributed by atoms with E-state index in [0.29, 0.717) is 6.42 Å². The number of ether oxygens (including phenoxy) is 5. The van der Waals surface area contributed by atoms with Gasteiger partial charge < -0.3 is 64.5 Å². The molecule has 2 saturated heterocycles. The Labute approximate surface area is 199 Å². The highest BCUT2D eigenvalue weighted by Crippen LogP contribution is 2.49. The highest BCUT2D eigenvalue weighted by Gasteiger charge is 2.56. The van der Waals surface area contributed by atoms with Crippen molar-refractivity contribution in [3.63, 3.8) is 0 Å². The summed E-state index contributed by atoms with van der Waals surface area (Å²) in [6.45, 7) is -0.116. The number of carbonyl (C=O) groups is 1. The number of carboxylic acids is 1. The number of aliphatic hydroxyl groups is 7. The average molecular weight is 508 g/mol. The van der Waals surface area contributed by atoms with Gasteiger partial charge in [-0.1, -0.05) is 0 Å². The number of hydrogen-bond acceptors (Lipinski definition) is 13. The molecule has 3 fully saturated rings. The number of aliphatic carboxylic acids is 1. The fourth-order valence-corrected chi connectivity index (χ4v) is 5.12. The maximum Gasteiger partial charge on any atom is 0.334 e. The lowest BCUT2D eigenvalue weighted by Crippen LogP contribution is -2.61. The minimum absolute atomic E-state index is 0.0163. The fourth-order valence-electron chi connectivity index (χ4n) is 5.12. The maximum atomic E-state index is 11.6. The van der Waals surface area contributed by atoms with Crippen LogP contribution in [0.5, 0.6) is 0 Å². The smallest absolute Gasteiger partial charge is 0.334 e. The first-order valence-corrected chi connectivity index (χ1v) is 11.3. The van der Waals surface area contributed by atoms with Crippen LogP contribution in [0.1, 0.15) is 19.8 Å². The van der Waals surface area contributed by atoms with Crippen LogP contribution in [0.3, 0.4) is 0 Å². The molecular weight excluding hydrogens is 476 g/mol. The monoisotopic (exact) mass is 508 g/mol. The molecule has 1 saturated carbocycles. The van der Waals surface area contributed by atoms with Crippen molar-refractivity contribution in [1.82, 2.24) is 0 Å². The number of carboxylic acid groups (broad SMARTS) is 1. The van der Waals surface area contributed by atoms with Gasteiger partial charge in [0.1, 0.15) is 36.1 Å². The molecule has 4 aliphatic rings. The van der Waals surface area contributed by atoms with E-state index in [1.165, 1.54) is 6.92 Å². The lowest BCUT2D eigenvalue weighted by Gasteiger charge is -2.44. The van der Waals surface area contributed by atoms with Crippen LogP contribution >= 0.6 is 0 Å². The predicted molar refractivity (Wildman–Crippen MR) is 109 cm³/mol. The summed E-state index contributed by atoms with van der Waals surface area (Å²) < 4.78 is 27.3. The molecule has 35 heavy (non-hydrogen) atoms. The van der Waals surface area contributed by atoms with Gasteiger partial charge in [-0.25, -0.2) is 4.79 Å². The highest BCUT2D eigenvalue weighted by molar-refractivity contribution is 5.87. The van der Waals surface area contributed by atoms with E-state index in [0.717, 1.165) is 6.26 Å². The first-order valence-electron chi connectivity index (χ1n) is 11.3. The molecule has 8 N–H and O–H groups in total. The maximum absolute atomic E-state index is 11.6. The summed E-state index contributed by atoms with van der Waals surface area (Å²) in [4.78, 5) is 11.6. The lowest BCUT2D eigenvalue weighted by molar-refractivity contribution is -0.350. The van der Waals surface area contributed by atoms with Crippen LogP contribution in [0.2, 0.25) is 0 Å². The third-order valence-corrected chi connectivity index (χ3v) is 7.32. The Morgan fingerprint density at radius 1 is 1.11 bits per heavy atom. The van der Waals surface area contributed by atoms with E-state index < -0.39 is 98.2 Å². The molecule has 3 aliphatic heterocycles. The van der Waals surface area contributed by atoms with Gasteiger partial charge in [0, 0.05) is 5.92 Å². The molecular formula is C21H32O14. The SMILES string of the molecule is C[C@]1(O)CC[C@@H]2C(C(=O)O)=CO[C@@H](O[C@@H]3O[C@H](CO[C@@H]4OCC(O)(CO)[C@H]4O)[C@@H](O)[C@H](O)[C@H]3O)[C@@H]21. The Kier molecular flexibility index (Phi) is 7.45. The van der Waals surface area contributed by atoms with E-state index in [2.05, 4.69) is 0 Å². The minimum atomic E-state index is -1.92. The normalized spacial score (nSPS) is 49.9. The summed E-state index contributed by atoms with van der Waals surface area (Å²) in [7, 11) is 0. The van der Waals surface area contributed by atoms with Crippen LogP contribution in [-0.4, -0.2) is 127 Å². The van der Waals surface area contributed by atoms with Crippen molar-refractivity contribution in [2.75, 3.05) is 19.8 Å². The zero-order valence-electron chi connectivity index (χ0n) is 18.9. The molecule has 1 unspecified atom stereocenters. The molecule has 0 amide bonds. The first kappa shape index (κ1) is 26.6. The van der Waals surface area contributed by atoms with Gasteiger partial charge in [-0.2, -0.15) is 0 Å². The second kappa shape index (κ2) is 9.79. The molecule has 0 aromatic carbocycles. The zero-order chi connectivity index (χ0) is 25.7. The first-order chi connectivity index (χ1) is 16.4. The summed E-state index contributed by atoms with van der Waals surface area (Å²) >= 11 is 0. The van der Waals surface area contributed by atoms with Crippen molar-refractivity contribution >= 4 is 5.97 Å². The molecule has 1 aliphatic carbocycles. The molecule has 200 valence electrons. The van der Waals surface area contributed by atoms with E-state index in [4.69, 9.17) is 23.7 Å². The molecule has 0 bridgehead atoms. The molecule has 14 heteroatoms. The third-order valence-electron chi connectivity index (χ3n) is 7.32. The Morgan fingerprint density at radius 3 is 2.46 bits per heavy atom. The second-order valence-corrected chi connectivity index (χ2v) is 9.78. The highest BCUT2D eigenvalue weighted by atomic mass is 16.8. The predicted octanol–water partition coefficient (Wildman–Crippen LogP) is -3.63. The number of hydrogen-bond donors (Lipinski definition) is 8. The van der Waals surface area contributed by atoms with Crippen molar-refractivity contribution < 1.29 is 69.3 Å².